The van der Waals surface area contributed by atoms with E-state index in [0.29, 0.717) is 39.0 Å². The largest absolute Gasteiger partial charge is 0.865 e. The van der Waals surface area contributed by atoms with Crippen molar-refractivity contribution in [3.63, 3.8) is 0 Å². The molecule has 0 bridgehead atoms. The number of amides is 2. The third-order valence-electron chi connectivity index (χ3n) is 9.32. The van der Waals surface area contributed by atoms with Crippen LogP contribution in [0.25, 0.3) is 18.2 Å². The molecule has 0 aliphatic heterocycles. The van der Waals surface area contributed by atoms with Crippen LogP contribution in [0.3, 0.4) is 0 Å². The number of ketones is 1. The first kappa shape index (κ1) is 58.0. The standard InChI is InChI=1S/C15H16N2O5.2C14H15N3O5.CH4/c1-3-10(4-2)14(19)11(8-16)5-9-6-12(17(21)22)15(20)13(18)7-9;2*1-3-16(4-2)14(20)10(8-15)5-9-6-11(17(21)22)13(19)12(18)7-9;/h5-7,10,18,20H,3-4H2,1-2H3;2*5-7,18-19H,3-4H2,1-2H3;1H4/p-1/b11-5-;10-5+;;. The maximum Gasteiger partial charge on any atom is 0.315 e. The second-order valence-electron chi connectivity index (χ2n) is 13.3. The lowest BCUT2D eigenvalue weighted by Crippen LogP contribution is -2.31. The Morgan fingerprint density at radius 2 is 0.866 bits per heavy atom. The van der Waals surface area contributed by atoms with E-state index < -0.39 is 78.1 Å². The molecule has 0 radical (unpaired) electrons. The highest BCUT2D eigenvalue weighted by atomic mass is 16.6. The fourth-order valence-electron chi connectivity index (χ4n) is 5.72. The number of carbonyl (C=O) groups is 3. The summed E-state index contributed by atoms with van der Waals surface area (Å²) < 4.78 is 0. The Labute approximate surface area is 384 Å². The number of nitro benzene ring substituents is 3. The van der Waals surface area contributed by atoms with Crippen LogP contribution < -0.4 is 5.11 Å². The number of hydrogen-bond donors (Lipinski definition) is 5. The van der Waals surface area contributed by atoms with Crippen molar-refractivity contribution in [3.8, 4) is 52.7 Å². The Hall–Kier alpha value is -9.04. The number of benzene rings is 3. The smallest absolute Gasteiger partial charge is 0.315 e. The van der Waals surface area contributed by atoms with Crippen molar-refractivity contribution in [3.05, 3.63) is 100 Å². The van der Waals surface area contributed by atoms with Gasteiger partial charge in [0.15, 0.2) is 17.3 Å². The number of carbonyl (C=O) groups excluding carboxylic acids is 3. The van der Waals surface area contributed by atoms with Gasteiger partial charge in [-0.1, -0.05) is 21.3 Å². The molecular formula is C44H49N8O15-. The zero-order chi connectivity index (χ0) is 50.6. The number of Topliss-reactive ketones (excluding diaryl/α,β-unsaturated/α-hetero) is 1. The molecule has 5 N–H and O–H groups in total. The Morgan fingerprint density at radius 1 is 0.567 bits per heavy atom. The van der Waals surface area contributed by atoms with E-state index in [1.807, 2.05) is 13.8 Å². The van der Waals surface area contributed by atoms with E-state index in [2.05, 4.69) is 0 Å². The van der Waals surface area contributed by atoms with Crippen LogP contribution in [0.1, 0.15) is 78.5 Å². The minimum absolute atomic E-state index is 0. The summed E-state index contributed by atoms with van der Waals surface area (Å²) in [5.74, 6) is -6.72. The summed E-state index contributed by atoms with van der Waals surface area (Å²) in [4.78, 5) is 68.9. The van der Waals surface area contributed by atoms with Crippen LogP contribution in [0.2, 0.25) is 0 Å². The van der Waals surface area contributed by atoms with Crippen LogP contribution in [0, 0.1) is 70.3 Å². The molecule has 23 heteroatoms. The van der Waals surface area contributed by atoms with Crippen molar-refractivity contribution in [2.45, 2.75) is 61.8 Å². The van der Waals surface area contributed by atoms with Crippen molar-refractivity contribution < 1.29 is 59.8 Å². The van der Waals surface area contributed by atoms with Crippen molar-refractivity contribution in [2.75, 3.05) is 26.2 Å². The van der Waals surface area contributed by atoms with E-state index in [0.717, 1.165) is 48.6 Å². The highest BCUT2D eigenvalue weighted by molar-refractivity contribution is 6.05. The number of likely N-dealkylation sites (N-methyl/N-ethyl adjacent to an activating group) is 2. The van der Waals surface area contributed by atoms with Gasteiger partial charge in [0, 0.05) is 56.0 Å². The Morgan fingerprint density at radius 3 is 1.15 bits per heavy atom. The van der Waals surface area contributed by atoms with Gasteiger partial charge in [0.25, 0.3) is 17.5 Å². The second-order valence-corrected chi connectivity index (χ2v) is 13.3. The highest BCUT2D eigenvalue weighted by Gasteiger charge is 2.23. The summed E-state index contributed by atoms with van der Waals surface area (Å²) in [7, 11) is 0. The van der Waals surface area contributed by atoms with E-state index >= 15 is 0 Å². The molecule has 0 heterocycles. The zero-order valence-corrected chi connectivity index (χ0v) is 36.4. The number of nitro groups is 3. The SMILES string of the molecule is C.CCC(CC)C(=O)/C(C#N)=C\c1cc(O)c(O)c([N+](=O)[O-])c1.CCN(CC)C(=O)/C(C#N)=C/c1cc(O)c(O)c([N+](=O)[O-])c1.CCN(CC)C(=O)C(C#N)=Cc1cc(O)c([O-])c([N+](=O)[O-])c1. The molecule has 0 atom stereocenters. The van der Waals surface area contributed by atoms with E-state index in [9.17, 15) is 75.4 Å². The van der Waals surface area contributed by atoms with Crippen molar-refractivity contribution >= 4 is 52.9 Å². The van der Waals surface area contributed by atoms with Crippen molar-refractivity contribution in [1.29, 1.82) is 15.8 Å². The molecule has 0 unspecified atom stereocenters. The summed E-state index contributed by atoms with van der Waals surface area (Å²) in [5, 5.41) is 118. The summed E-state index contributed by atoms with van der Waals surface area (Å²) in [6, 6.07) is 11.2. The molecule has 0 spiro atoms. The molecule has 356 valence electrons. The maximum absolute atomic E-state index is 12.2. The summed E-state index contributed by atoms with van der Waals surface area (Å²) >= 11 is 0. The van der Waals surface area contributed by atoms with E-state index in [4.69, 9.17) is 15.8 Å². The molecule has 23 nitrogen and oxygen atoms in total. The van der Waals surface area contributed by atoms with Gasteiger partial charge in [0.2, 0.25) is 11.5 Å². The molecule has 0 fully saturated rings. The topological polar surface area (TPSA) is 383 Å². The lowest BCUT2D eigenvalue weighted by atomic mass is 9.92. The molecule has 0 aliphatic carbocycles. The minimum Gasteiger partial charge on any atom is -0.865 e. The minimum atomic E-state index is -1.12. The number of allylic oxidation sites excluding steroid dienone is 1. The monoisotopic (exact) mass is 929 g/mol. The number of aromatic hydroxyl groups is 5. The van der Waals surface area contributed by atoms with Crippen molar-refractivity contribution in [1.82, 2.24) is 9.80 Å². The molecule has 0 aliphatic rings. The lowest BCUT2D eigenvalue weighted by molar-refractivity contribution is -0.398. The van der Waals surface area contributed by atoms with Crippen molar-refractivity contribution in [2.24, 2.45) is 5.92 Å². The fraction of sp³-hybridized carbons (Fsp3) is 0.318. The fourth-order valence-corrected chi connectivity index (χ4v) is 5.72. The van der Waals surface area contributed by atoms with Gasteiger partial charge in [-0.3, -0.25) is 44.7 Å². The van der Waals surface area contributed by atoms with E-state index in [1.54, 1.807) is 45.9 Å². The lowest BCUT2D eigenvalue weighted by Gasteiger charge is -2.17. The van der Waals surface area contributed by atoms with Gasteiger partial charge in [-0.05, 0) is 93.7 Å². The van der Waals surface area contributed by atoms with Gasteiger partial charge < -0.3 is 40.4 Å². The summed E-state index contributed by atoms with van der Waals surface area (Å²) in [5.41, 5.74) is -2.64. The number of phenols is 5. The van der Waals surface area contributed by atoms with Gasteiger partial charge in [-0.15, -0.1) is 0 Å². The van der Waals surface area contributed by atoms with Gasteiger partial charge in [0.1, 0.15) is 35.1 Å². The Balaban J connectivity index is 0.000000968. The molecule has 3 rings (SSSR count). The predicted octanol–water partition coefficient (Wildman–Crippen LogP) is 6.49. The summed E-state index contributed by atoms with van der Waals surface area (Å²) in [6.07, 6.45) is 4.57. The Bertz CT molecular complexity index is 2290. The first-order valence-electron chi connectivity index (χ1n) is 19.6. The van der Waals surface area contributed by atoms with Crippen LogP contribution in [-0.2, 0) is 14.4 Å². The first-order chi connectivity index (χ1) is 31.0. The van der Waals surface area contributed by atoms with E-state index in [1.165, 1.54) is 15.9 Å². The van der Waals surface area contributed by atoms with Gasteiger partial charge in [-0.2, -0.15) is 15.8 Å². The van der Waals surface area contributed by atoms with Crippen LogP contribution >= 0.6 is 0 Å². The molecule has 0 saturated carbocycles. The number of nitriles is 3. The molecular weight excluding hydrogens is 881 g/mol. The van der Waals surface area contributed by atoms with Crippen LogP contribution in [0.4, 0.5) is 17.1 Å². The third kappa shape index (κ3) is 15.6. The number of rotatable bonds is 16. The predicted molar refractivity (Wildman–Crippen MR) is 239 cm³/mol. The third-order valence-corrected chi connectivity index (χ3v) is 9.32. The molecule has 0 aromatic heterocycles. The molecule has 0 saturated heterocycles. The highest BCUT2D eigenvalue weighted by Crippen LogP contribution is 2.38. The quantitative estimate of drug-likeness (QED) is 0.0337. The molecule has 2 amide bonds. The van der Waals surface area contributed by atoms with Crippen LogP contribution in [0.15, 0.2) is 53.1 Å². The van der Waals surface area contributed by atoms with Gasteiger partial charge in [0.05, 0.1) is 20.3 Å². The average molecular weight is 930 g/mol. The van der Waals surface area contributed by atoms with Gasteiger partial charge >= 0.3 is 11.4 Å². The van der Waals surface area contributed by atoms with Crippen LogP contribution in [0.5, 0.6) is 34.5 Å². The second kappa shape index (κ2) is 27.2. The number of phenolic OH excluding ortho intramolecular Hbond substituents is 5. The zero-order valence-electron chi connectivity index (χ0n) is 36.4. The molecule has 3 aromatic carbocycles. The first-order valence-corrected chi connectivity index (χ1v) is 19.6. The molecule has 67 heavy (non-hydrogen) atoms. The van der Waals surface area contributed by atoms with Crippen LogP contribution in [-0.4, -0.2) is 93.9 Å². The summed E-state index contributed by atoms with van der Waals surface area (Å²) in [6.45, 7) is 12.3. The normalized spacial score (nSPS) is 10.8. The molecule has 3 aromatic rings. The number of nitrogens with zero attached hydrogens (tertiary/aromatic N) is 8. The Kier molecular flexibility index (Phi) is 23.5. The average Bonchev–Trinajstić information content (AvgIpc) is 3.28. The van der Waals surface area contributed by atoms with Gasteiger partial charge in [-0.25, -0.2) is 0 Å². The van der Waals surface area contributed by atoms with E-state index in [-0.39, 0.29) is 52.5 Å². The number of hydrogen-bond acceptors (Lipinski definition) is 18. The maximum atomic E-state index is 12.2.